The molecule has 0 aromatic heterocycles. The van der Waals surface area contributed by atoms with Crippen LogP contribution in [0.4, 0.5) is 5.69 Å². The molecule has 0 unspecified atom stereocenters. The van der Waals surface area contributed by atoms with Gasteiger partial charge in [0, 0.05) is 26.1 Å². The molecule has 1 saturated heterocycles. The number of likely N-dealkylation sites (tertiary alicyclic amines) is 1. The van der Waals surface area contributed by atoms with E-state index in [1.807, 2.05) is 0 Å². The van der Waals surface area contributed by atoms with E-state index in [1.165, 1.54) is 7.11 Å². The van der Waals surface area contributed by atoms with Crippen molar-refractivity contribution in [2.24, 2.45) is 5.92 Å². The molecule has 1 aliphatic rings. The van der Waals surface area contributed by atoms with Gasteiger partial charge >= 0.3 is 0 Å². The number of ketones is 1. The Balaban J connectivity index is 1.85. The van der Waals surface area contributed by atoms with E-state index in [9.17, 15) is 4.79 Å². The van der Waals surface area contributed by atoms with Crippen LogP contribution in [-0.2, 0) is 4.74 Å². The zero-order valence-electron chi connectivity index (χ0n) is 14.5. The van der Waals surface area contributed by atoms with Crippen LogP contribution in [0.2, 0.25) is 5.02 Å². The predicted octanol–water partition coefficient (Wildman–Crippen LogP) is 3.25. The molecule has 1 fully saturated rings. The molecule has 0 radical (unpaired) electrons. The van der Waals surface area contributed by atoms with Gasteiger partial charge in [0.15, 0.2) is 5.78 Å². The van der Waals surface area contributed by atoms with Crippen LogP contribution in [-0.4, -0.2) is 51.1 Å². The number of ether oxygens (including phenoxy) is 2. The topological polar surface area (TPSA) is 64.8 Å². The zero-order chi connectivity index (χ0) is 17.5. The molecule has 0 bridgehead atoms. The number of rotatable bonds is 8. The molecule has 134 valence electrons. The third-order valence-corrected chi connectivity index (χ3v) is 5.04. The van der Waals surface area contributed by atoms with Crippen LogP contribution in [0.25, 0.3) is 0 Å². The van der Waals surface area contributed by atoms with Gasteiger partial charge in [-0.1, -0.05) is 11.6 Å². The van der Waals surface area contributed by atoms with Crippen LogP contribution in [0.3, 0.4) is 0 Å². The van der Waals surface area contributed by atoms with Crippen LogP contribution in [0, 0.1) is 5.92 Å². The van der Waals surface area contributed by atoms with Gasteiger partial charge in [-0.25, -0.2) is 0 Å². The number of hydrogen-bond acceptors (Lipinski definition) is 5. The lowest BCUT2D eigenvalue weighted by atomic mass is 9.90. The number of piperidine rings is 1. The standard InChI is InChI=1S/C18H27ClN2O3/c1-23-10-9-21-7-5-13(6-8-21)3-4-17(22)14-11-15(19)16(20)12-18(14)24-2/h11-13H,3-10,20H2,1-2H3. The van der Waals surface area contributed by atoms with E-state index in [2.05, 4.69) is 4.90 Å². The first-order valence-corrected chi connectivity index (χ1v) is 8.80. The summed E-state index contributed by atoms with van der Waals surface area (Å²) in [5.74, 6) is 1.16. The molecule has 1 aliphatic heterocycles. The normalized spacial score (nSPS) is 16.3. The molecule has 6 heteroatoms. The van der Waals surface area contributed by atoms with Gasteiger partial charge in [0.2, 0.25) is 0 Å². The summed E-state index contributed by atoms with van der Waals surface area (Å²) in [5, 5.41) is 0.394. The quantitative estimate of drug-likeness (QED) is 0.573. The van der Waals surface area contributed by atoms with Gasteiger partial charge in [0.05, 0.1) is 30.0 Å². The fourth-order valence-electron chi connectivity index (χ4n) is 3.14. The van der Waals surface area contributed by atoms with E-state index in [-0.39, 0.29) is 5.78 Å². The predicted molar refractivity (Wildman–Crippen MR) is 97.0 cm³/mol. The second-order valence-electron chi connectivity index (χ2n) is 6.31. The number of anilines is 1. The Morgan fingerprint density at radius 1 is 1.33 bits per heavy atom. The Bertz CT molecular complexity index is 557. The summed E-state index contributed by atoms with van der Waals surface area (Å²) < 4.78 is 10.4. The Morgan fingerprint density at radius 2 is 2.04 bits per heavy atom. The zero-order valence-corrected chi connectivity index (χ0v) is 15.3. The lowest BCUT2D eigenvalue weighted by molar-refractivity contribution is 0.0947. The number of hydrogen-bond donors (Lipinski definition) is 1. The maximum absolute atomic E-state index is 12.5. The molecule has 2 rings (SSSR count). The van der Waals surface area contributed by atoms with Crippen molar-refractivity contribution in [1.29, 1.82) is 0 Å². The Kier molecular flexibility index (Phi) is 7.34. The average Bonchev–Trinajstić information content (AvgIpc) is 2.60. The van der Waals surface area contributed by atoms with E-state index in [1.54, 1.807) is 19.2 Å². The minimum atomic E-state index is 0.0653. The summed E-state index contributed by atoms with van der Waals surface area (Å²) in [6.45, 7) is 3.93. The molecule has 2 N–H and O–H groups in total. The number of carbonyl (C=O) groups is 1. The molecule has 24 heavy (non-hydrogen) atoms. The average molecular weight is 355 g/mol. The smallest absolute Gasteiger partial charge is 0.166 e. The van der Waals surface area contributed by atoms with Crippen molar-refractivity contribution in [3.63, 3.8) is 0 Å². The fourth-order valence-corrected chi connectivity index (χ4v) is 3.31. The number of methoxy groups -OCH3 is 2. The highest BCUT2D eigenvalue weighted by Gasteiger charge is 2.21. The highest BCUT2D eigenvalue weighted by molar-refractivity contribution is 6.33. The van der Waals surface area contributed by atoms with Crippen molar-refractivity contribution >= 4 is 23.1 Å². The molecule has 1 heterocycles. The van der Waals surface area contributed by atoms with E-state index in [0.29, 0.717) is 34.4 Å². The summed E-state index contributed by atoms with van der Waals surface area (Å²) in [4.78, 5) is 15.0. The van der Waals surface area contributed by atoms with Crippen molar-refractivity contribution in [3.8, 4) is 5.75 Å². The molecule has 5 nitrogen and oxygen atoms in total. The van der Waals surface area contributed by atoms with Crippen LogP contribution in [0.15, 0.2) is 12.1 Å². The lowest BCUT2D eigenvalue weighted by Crippen LogP contribution is -2.36. The van der Waals surface area contributed by atoms with Gasteiger partial charge in [-0.15, -0.1) is 0 Å². The Morgan fingerprint density at radius 3 is 2.67 bits per heavy atom. The molecule has 0 amide bonds. The van der Waals surface area contributed by atoms with E-state index < -0.39 is 0 Å². The molecule has 1 aromatic carbocycles. The fraction of sp³-hybridized carbons (Fsp3) is 0.611. The second kappa shape index (κ2) is 9.25. The van der Waals surface area contributed by atoms with Crippen molar-refractivity contribution < 1.29 is 14.3 Å². The van der Waals surface area contributed by atoms with Crippen LogP contribution >= 0.6 is 11.6 Å². The van der Waals surface area contributed by atoms with Crippen LogP contribution < -0.4 is 10.5 Å². The van der Waals surface area contributed by atoms with Crippen molar-refractivity contribution in [2.75, 3.05) is 46.2 Å². The van der Waals surface area contributed by atoms with Crippen LogP contribution in [0.5, 0.6) is 5.75 Å². The summed E-state index contributed by atoms with van der Waals surface area (Å²) in [6, 6.07) is 3.23. The molecule has 0 spiro atoms. The first-order chi connectivity index (χ1) is 11.5. The second-order valence-corrected chi connectivity index (χ2v) is 6.72. The summed E-state index contributed by atoms with van der Waals surface area (Å²) in [7, 11) is 3.27. The third kappa shape index (κ3) is 5.10. The minimum Gasteiger partial charge on any atom is -0.496 e. The largest absolute Gasteiger partial charge is 0.496 e. The monoisotopic (exact) mass is 354 g/mol. The maximum Gasteiger partial charge on any atom is 0.166 e. The Labute approximate surface area is 149 Å². The maximum atomic E-state index is 12.5. The van der Waals surface area contributed by atoms with Gasteiger partial charge in [-0.2, -0.15) is 0 Å². The summed E-state index contributed by atoms with van der Waals surface area (Å²) in [6.07, 6.45) is 3.69. The van der Waals surface area contributed by atoms with Gasteiger partial charge in [-0.3, -0.25) is 4.79 Å². The van der Waals surface area contributed by atoms with Crippen molar-refractivity contribution in [3.05, 3.63) is 22.7 Å². The first-order valence-electron chi connectivity index (χ1n) is 8.42. The first kappa shape index (κ1) is 19.0. The number of nitrogen functional groups attached to an aromatic ring is 1. The van der Waals surface area contributed by atoms with Gasteiger partial charge in [0.25, 0.3) is 0 Å². The lowest BCUT2D eigenvalue weighted by Gasteiger charge is -2.31. The molecular formula is C18H27ClN2O3. The number of Topliss-reactive ketones (excluding diaryl/α,β-unsaturated/α-hetero) is 1. The van der Waals surface area contributed by atoms with Crippen molar-refractivity contribution in [2.45, 2.75) is 25.7 Å². The number of nitrogens with zero attached hydrogens (tertiary/aromatic N) is 1. The van der Waals surface area contributed by atoms with Gasteiger partial charge < -0.3 is 20.1 Å². The molecule has 0 aliphatic carbocycles. The van der Waals surface area contributed by atoms with Gasteiger partial charge in [-0.05, 0) is 44.3 Å². The summed E-state index contributed by atoms with van der Waals surface area (Å²) >= 11 is 6.04. The number of halogens is 1. The molecule has 0 saturated carbocycles. The van der Waals surface area contributed by atoms with Gasteiger partial charge in [0.1, 0.15) is 5.75 Å². The van der Waals surface area contributed by atoms with Crippen molar-refractivity contribution in [1.82, 2.24) is 4.90 Å². The molecule has 0 atom stereocenters. The SMILES string of the molecule is COCCN1CCC(CCC(=O)c2cc(Cl)c(N)cc2OC)CC1. The number of nitrogens with two attached hydrogens (primary N) is 1. The molecular weight excluding hydrogens is 328 g/mol. The minimum absolute atomic E-state index is 0.0653. The third-order valence-electron chi connectivity index (χ3n) is 4.72. The summed E-state index contributed by atoms with van der Waals surface area (Å²) in [5.41, 5.74) is 6.71. The van der Waals surface area contributed by atoms with Crippen LogP contribution in [0.1, 0.15) is 36.0 Å². The number of benzene rings is 1. The highest BCUT2D eigenvalue weighted by Crippen LogP contribution is 2.31. The Hall–Kier alpha value is -1.30. The van der Waals surface area contributed by atoms with E-state index >= 15 is 0 Å². The van der Waals surface area contributed by atoms with E-state index in [0.717, 1.165) is 45.5 Å². The number of carbonyl (C=O) groups excluding carboxylic acids is 1. The van der Waals surface area contributed by atoms with E-state index in [4.69, 9.17) is 26.8 Å². The molecule has 1 aromatic rings. The highest BCUT2D eigenvalue weighted by atomic mass is 35.5.